The zero-order valence-electron chi connectivity index (χ0n) is 16.0. The Hall–Kier alpha value is -1.06. The van der Waals surface area contributed by atoms with Crippen LogP contribution in [0.3, 0.4) is 0 Å². The molecule has 2 aromatic rings. The number of thiophene rings is 1. The van der Waals surface area contributed by atoms with Gasteiger partial charge in [0, 0.05) is 31.5 Å². The average molecular weight is 491 g/mol. The molecule has 0 aromatic carbocycles. The summed E-state index contributed by atoms with van der Waals surface area (Å²) in [7, 11) is 1.75. The summed E-state index contributed by atoms with van der Waals surface area (Å²) in [5, 5.41) is 8.86. The van der Waals surface area contributed by atoms with Crippen LogP contribution in [0.1, 0.15) is 31.4 Å². The van der Waals surface area contributed by atoms with Gasteiger partial charge in [0.1, 0.15) is 5.76 Å². The first-order valence-corrected chi connectivity index (χ1v) is 9.46. The fraction of sp³-hybridized carbons (Fsp3) is 0.526. The second kappa shape index (κ2) is 11.6. The van der Waals surface area contributed by atoms with Crippen molar-refractivity contribution in [2.24, 2.45) is 10.4 Å². The van der Waals surface area contributed by atoms with Crippen molar-refractivity contribution >= 4 is 41.3 Å². The Morgan fingerprint density at radius 2 is 2.08 bits per heavy atom. The number of halogens is 1. The molecule has 0 saturated heterocycles. The van der Waals surface area contributed by atoms with E-state index in [1.165, 1.54) is 4.88 Å². The van der Waals surface area contributed by atoms with E-state index in [0.29, 0.717) is 13.1 Å². The summed E-state index contributed by atoms with van der Waals surface area (Å²) in [6, 6.07) is 8.04. The molecule has 0 aliphatic carbocycles. The molecule has 26 heavy (non-hydrogen) atoms. The predicted octanol–water partition coefficient (Wildman–Crippen LogP) is 4.30. The van der Waals surface area contributed by atoms with Crippen LogP contribution in [-0.4, -0.2) is 32.3 Å². The van der Waals surface area contributed by atoms with Crippen LogP contribution >= 0.6 is 35.3 Å². The molecule has 7 heteroatoms. The SMILES string of the molecule is COC(CNC(=NCc1cccs1)NCCc1ccco1)C(C)(C)C.I. The summed E-state index contributed by atoms with van der Waals surface area (Å²) in [5.41, 5.74) is 0.0643. The average Bonchev–Trinajstić information content (AvgIpc) is 3.24. The van der Waals surface area contributed by atoms with Gasteiger partial charge in [-0.1, -0.05) is 26.8 Å². The number of guanidine groups is 1. The number of methoxy groups -OCH3 is 1. The van der Waals surface area contributed by atoms with Crippen molar-refractivity contribution in [3.05, 3.63) is 46.5 Å². The van der Waals surface area contributed by atoms with E-state index < -0.39 is 0 Å². The fourth-order valence-corrected chi connectivity index (χ4v) is 3.05. The van der Waals surface area contributed by atoms with Gasteiger partial charge in [-0.05, 0) is 29.0 Å². The maximum atomic E-state index is 5.62. The summed E-state index contributed by atoms with van der Waals surface area (Å²) in [6.07, 6.45) is 2.62. The highest BCUT2D eigenvalue weighted by Crippen LogP contribution is 2.20. The van der Waals surface area contributed by atoms with Crippen LogP contribution in [0.4, 0.5) is 0 Å². The number of ether oxygens (including phenoxy) is 1. The molecular weight excluding hydrogens is 461 g/mol. The van der Waals surface area contributed by atoms with Crippen molar-refractivity contribution in [3.8, 4) is 0 Å². The highest BCUT2D eigenvalue weighted by molar-refractivity contribution is 14.0. The highest BCUT2D eigenvalue weighted by atomic mass is 127. The minimum atomic E-state index is 0. The minimum absolute atomic E-state index is 0. The van der Waals surface area contributed by atoms with E-state index in [9.17, 15) is 0 Å². The first kappa shape index (κ1) is 23.0. The number of furan rings is 1. The molecule has 2 aromatic heterocycles. The van der Waals surface area contributed by atoms with E-state index in [4.69, 9.17) is 14.1 Å². The van der Waals surface area contributed by atoms with Gasteiger partial charge in [0.25, 0.3) is 0 Å². The first-order valence-electron chi connectivity index (χ1n) is 8.59. The fourth-order valence-electron chi connectivity index (χ4n) is 2.43. The Balaban J connectivity index is 0.00000338. The van der Waals surface area contributed by atoms with Gasteiger partial charge in [0.2, 0.25) is 0 Å². The Morgan fingerprint density at radius 1 is 1.27 bits per heavy atom. The molecule has 0 saturated carbocycles. The number of nitrogens with zero attached hydrogens (tertiary/aromatic N) is 1. The van der Waals surface area contributed by atoms with E-state index >= 15 is 0 Å². The normalized spacial score (nSPS) is 13.2. The Kier molecular flexibility index (Phi) is 10.3. The number of hydrogen-bond donors (Lipinski definition) is 2. The number of hydrogen-bond acceptors (Lipinski definition) is 4. The number of nitrogens with one attached hydrogen (secondary N) is 2. The Morgan fingerprint density at radius 3 is 2.65 bits per heavy atom. The van der Waals surface area contributed by atoms with E-state index in [1.807, 2.05) is 18.2 Å². The van der Waals surface area contributed by atoms with Gasteiger partial charge < -0.3 is 19.8 Å². The summed E-state index contributed by atoms with van der Waals surface area (Å²) in [6.45, 7) is 8.66. The maximum absolute atomic E-state index is 5.62. The molecule has 2 heterocycles. The molecule has 0 aliphatic rings. The third-order valence-electron chi connectivity index (χ3n) is 3.92. The molecule has 0 fully saturated rings. The van der Waals surface area contributed by atoms with Gasteiger partial charge in [0.05, 0.1) is 18.9 Å². The number of aliphatic imine (C=N–C) groups is 1. The molecular formula is C19H30IN3O2S. The van der Waals surface area contributed by atoms with Crippen LogP contribution in [0.15, 0.2) is 45.3 Å². The maximum Gasteiger partial charge on any atom is 0.191 e. The summed E-state index contributed by atoms with van der Waals surface area (Å²) < 4.78 is 11.0. The van der Waals surface area contributed by atoms with Crippen LogP contribution in [0.5, 0.6) is 0 Å². The zero-order chi connectivity index (χ0) is 18.1. The molecule has 2 N–H and O–H groups in total. The molecule has 1 atom stereocenters. The molecule has 146 valence electrons. The Bertz CT molecular complexity index is 622. The highest BCUT2D eigenvalue weighted by Gasteiger charge is 2.24. The summed E-state index contributed by atoms with van der Waals surface area (Å²) >= 11 is 1.72. The lowest BCUT2D eigenvalue weighted by Gasteiger charge is -2.30. The zero-order valence-corrected chi connectivity index (χ0v) is 19.1. The van der Waals surface area contributed by atoms with Crippen molar-refractivity contribution in [1.82, 2.24) is 10.6 Å². The van der Waals surface area contributed by atoms with E-state index in [-0.39, 0.29) is 35.5 Å². The van der Waals surface area contributed by atoms with Crippen LogP contribution in [0.25, 0.3) is 0 Å². The standard InChI is InChI=1S/C19H29N3O2S.HI/c1-19(2,3)17(23-4)14-22-18(21-13-16-8-6-12-25-16)20-10-9-15-7-5-11-24-15;/h5-8,11-12,17H,9-10,13-14H2,1-4H3,(H2,20,21,22);1H. The van der Waals surface area contributed by atoms with Crippen molar-refractivity contribution < 1.29 is 9.15 Å². The third-order valence-corrected chi connectivity index (χ3v) is 4.78. The monoisotopic (exact) mass is 491 g/mol. The summed E-state index contributed by atoms with van der Waals surface area (Å²) in [4.78, 5) is 5.93. The minimum Gasteiger partial charge on any atom is -0.469 e. The second-order valence-electron chi connectivity index (χ2n) is 6.97. The lowest BCUT2D eigenvalue weighted by atomic mass is 9.89. The van der Waals surface area contributed by atoms with Crippen molar-refractivity contribution in [1.29, 1.82) is 0 Å². The van der Waals surface area contributed by atoms with Crippen molar-refractivity contribution in [2.75, 3.05) is 20.2 Å². The topological polar surface area (TPSA) is 58.8 Å². The first-order chi connectivity index (χ1) is 12.0. The van der Waals surface area contributed by atoms with E-state index in [2.05, 4.69) is 42.9 Å². The lowest BCUT2D eigenvalue weighted by molar-refractivity contribution is 0.0205. The van der Waals surface area contributed by atoms with Gasteiger partial charge >= 0.3 is 0 Å². The van der Waals surface area contributed by atoms with Crippen LogP contribution < -0.4 is 10.6 Å². The van der Waals surface area contributed by atoms with Gasteiger partial charge in [-0.15, -0.1) is 35.3 Å². The van der Waals surface area contributed by atoms with Crippen LogP contribution in [0, 0.1) is 5.41 Å². The van der Waals surface area contributed by atoms with Crippen LogP contribution in [0.2, 0.25) is 0 Å². The predicted molar refractivity (Wildman–Crippen MR) is 120 cm³/mol. The quantitative estimate of drug-likeness (QED) is 0.329. The summed E-state index contributed by atoms with van der Waals surface area (Å²) in [5.74, 6) is 1.76. The molecule has 0 bridgehead atoms. The van der Waals surface area contributed by atoms with Gasteiger partial charge in [-0.25, -0.2) is 4.99 Å². The molecule has 2 rings (SSSR count). The smallest absolute Gasteiger partial charge is 0.191 e. The molecule has 0 aliphatic heterocycles. The van der Waals surface area contributed by atoms with Crippen molar-refractivity contribution in [2.45, 2.75) is 39.8 Å². The molecule has 1 unspecified atom stereocenters. The van der Waals surface area contributed by atoms with Gasteiger partial charge in [0.15, 0.2) is 5.96 Å². The van der Waals surface area contributed by atoms with Gasteiger partial charge in [-0.2, -0.15) is 0 Å². The molecule has 0 radical (unpaired) electrons. The van der Waals surface area contributed by atoms with Gasteiger partial charge in [-0.3, -0.25) is 0 Å². The van der Waals surface area contributed by atoms with Crippen LogP contribution in [-0.2, 0) is 17.7 Å². The molecule has 5 nitrogen and oxygen atoms in total. The Labute approximate surface area is 177 Å². The molecule has 0 amide bonds. The second-order valence-corrected chi connectivity index (χ2v) is 8.00. The lowest BCUT2D eigenvalue weighted by Crippen LogP contribution is -2.45. The number of rotatable bonds is 8. The van der Waals surface area contributed by atoms with E-state index in [1.54, 1.807) is 24.7 Å². The third kappa shape index (κ3) is 8.09. The van der Waals surface area contributed by atoms with Crippen molar-refractivity contribution in [3.63, 3.8) is 0 Å². The largest absolute Gasteiger partial charge is 0.469 e. The molecule has 0 spiro atoms. The van der Waals surface area contributed by atoms with E-state index in [0.717, 1.165) is 24.7 Å².